The fraction of sp³-hybridized carbons (Fsp3) is 0.562. The quantitative estimate of drug-likeness (QED) is 0.509. The van der Waals surface area contributed by atoms with Crippen LogP contribution in [0.1, 0.15) is 39.0 Å². The Hall–Kier alpha value is -0.710. The van der Waals surface area contributed by atoms with Crippen LogP contribution in [0.5, 0.6) is 0 Å². The van der Waals surface area contributed by atoms with Gasteiger partial charge in [-0.05, 0) is 31.5 Å². The predicted molar refractivity (Wildman–Crippen MR) is 94.2 cm³/mol. The van der Waals surface area contributed by atoms with Crippen LogP contribution in [0.4, 0.5) is 0 Å². The van der Waals surface area contributed by atoms with E-state index in [0.717, 1.165) is 38.8 Å². The van der Waals surface area contributed by atoms with Crippen molar-refractivity contribution in [1.29, 1.82) is 0 Å². The lowest BCUT2D eigenvalue weighted by atomic mass is 10.1. The fourth-order valence-corrected chi connectivity index (χ4v) is 2.85. The molecule has 21 heavy (non-hydrogen) atoms. The minimum Gasteiger partial charge on any atom is -0.355 e. The zero-order chi connectivity index (χ0) is 14.6. The highest BCUT2D eigenvalue weighted by Gasteiger charge is 2.06. The van der Waals surface area contributed by atoms with Gasteiger partial charge in [-0.1, -0.05) is 38.0 Å². The molecule has 0 aromatic heterocycles. The highest BCUT2D eigenvalue weighted by Crippen LogP contribution is 2.21. The summed E-state index contributed by atoms with van der Waals surface area (Å²) in [5.74, 6) is 0.165. The normalized spacial score (nSPS) is 11.5. The third-order valence-corrected chi connectivity index (χ3v) is 4.14. The summed E-state index contributed by atoms with van der Waals surface area (Å²) in [5.41, 5.74) is 5.43. The largest absolute Gasteiger partial charge is 0.355 e. The Balaban J connectivity index is 0.00000400. The van der Waals surface area contributed by atoms with E-state index < -0.39 is 0 Å². The summed E-state index contributed by atoms with van der Waals surface area (Å²) in [4.78, 5) is 12.9. The monoisotopic (exact) mass is 330 g/mol. The maximum Gasteiger partial charge on any atom is 0.220 e. The van der Waals surface area contributed by atoms with E-state index in [-0.39, 0.29) is 18.3 Å². The standard InChI is InChI=1S/C16H26N2OS.ClH/c1-14(20-15-9-5-4-6-10-15)13-18-16(19)11-7-2-3-8-12-17;/h4-6,9-10,14H,2-3,7-8,11-13,17H2,1H3,(H,18,19);1H. The van der Waals surface area contributed by atoms with Gasteiger partial charge >= 0.3 is 0 Å². The van der Waals surface area contributed by atoms with Gasteiger partial charge in [-0.2, -0.15) is 0 Å². The van der Waals surface area contributed by atoms with Crippen LogP contribution < -0.4 is 11.1 Å². The molecular formula is C16H27ClN2OS. The van der Waals surface area contributed by atoms with Gasteiger partial charge in [-0.25, -0.2) is 0 Å². The number of hydrogen-bond donors (Lipinski definition) is 2. The van der Waals surface area contributed by atoms with Gasteiger partial charge in [0.1, 0.15) is 0 Å². The van der Waals surface area contributed by atoms with Crippen molar-refractivity contribution < 1.29 is 4.79 Å². The molecule has 120 valence electrons. The minimum atomic E-state index is 0. The topological polar surface area (TPSA) is 55.1 Å². The summed E-state index contributed by atoms with van der Waals surface area (Å²) in [6.45, 7) is 3.61. The number of nitrogens with one attached hydrogen (secondary N) is 1. The summed E-state index contributed by atoms with van der Waals surface area (Å²) in [5, 5.41) is 3.40. The molecular weight excluding hydrogens is 304 g/mol. The summed E-state index contributed by atoms with van der Waals surface area (Å²) in [6, 6.07) is 10.3. The van der Waals surface area contributed by atoms with E-state index in [1.54, 1.807) is 11.8 Å². The second-order valence-electron chi connectivity index (χ2n) is 5.00. The van der Waals surface area contributed by atoms with Crippen LogP contribution in [0.15, 0.2) is 35.2 Å². The summed E-state index contributed by atoms with van der Waals surface area (Å²) in [6.07, 6.45) is 4.88. The summed E-state index contributed by atoms with van der Waals surface area (Å²) < 4.78 is 0. The van der Waals surface area contributed by atoms with Crippen LogP contribution in [0, 0.1) is 0 Å². The molecule has 0 aliphatic heterocycles. The van der Waals surface area contributed by atoms with Crippen molar-refractivity contribution in [2.45, 2.75) is 49.2 Å². The Morgan fingerprint density at radius 1 is 1.19 bits per heavy atom. The zero-order valence-corrected chi connectivity index (χ0v) is 14.3. The third-order valence-electron chi connectivity index (χ3n) is 3.03. The SMILES string of the molecule is CC(CNC(=O)CCCCCCN)Sc1ccccc1.Cl. The number of carbonyl (C=O) groups excluding carboxylic acids is 1. The van der Waals surface area contributed by atoms with E-state index in [4.69, 9.17) is 5.73 Å². The first kappa shape index (κ1) is 20.3. The van der Waals surface area contributed by atoms with Crippen LogP contribution in [-0.2, 0) is 4.79 Å². The second-order valence-corrected chi connectivity index (χ2v) is 6.51. The molecule has 0 aliphatic carbocycles. The Labute approximate surface area is 138 Å². The van der Waals surface area contributed by atoms with Crippen molar-refractivity contribution in [3.63, 3.8) is 0 Å². The predicted octanol–water partition coefficient (Wildman–Crippen LogP) is 3.61. The number of thioether (sulfide) groups is 1. The Bertz CT molecular complexity index is 376. The summed E-state index contributed by atoms with van der Waals surface area (Å²) in [7, 11) is 0. The molecule has 0 spiro atoms. The molecule has 5 heteroatoms. The van der Waals surface area contributed by atoms with Gasteiger partial charge in [0, 0.05) is 23.1 Å². The van der Waals surface area contributed by atoms with E-state index in [0.29, 0.717) is 11.7 Å². The van der Waals surface area contributed by atoms with Crippen molar-refractivity contribution in [3.8, 4) is 0 Å². The number of amides is 1. The molecule has 0 heterocycles. The van der Waals surface area contributed by atoms with Crippen molar-refractivity contribution in [3.05, 3.63) is 30.3 Å². The van der Waals surface area contributed by atoms with Crippen LogP contribution in [-0.4, -0.2) is 24.2 Å². The van der Waals surface area contributed by atoms with Crippen molar-refractivity contribution in [2.24, 2.45) is 5.73 Å². The summed E-state index contributed by atoms with van der Waals surface area (Å²) >= 11 is 1.79. The highest BCUT2D eigenvalue weighted by molar-refractivity contribution is 8.00. The maximum atomic E-state index is 11.7. The molecule has 0 bridgehead atoms. The number of benzene rings is 1. The van der Waals surface area contributed by atoms with Crippen molar-refractivity contribution >= 4 is 30.1 Å². The zero-order valence-electron chi connectivity index (χ0n) is 12.7. The van der Waals surface area contributed by atoms with Gasteiger partial charge in [0.15, 0.2) is 0 Å². The molecule has 1 unspecified atom stereocenters. The molecule has 1 aromatic rings. The Morgan fingerprint density at radius 3 is 2.52 bits per heavy atom. The third kappa shape index (κ3) is 10.6. The number of nitrogens with two attached hydrogens (primary N) is 1. The van der Waals surface area contributed by atoms with Gasteiger partial charge in [-0.3, -0.25) is 4.79 Å². The fourth-order valence-electron chi connectivity index (χ4n) is 1.90. The van der Waals surface area contributed by atoms with Crippen LogP contribution in [0.2, 0.25) is 0 Å². The van der Waals surface area contributed by atoms with Crippen molar-refractivity contribution in [1.82, 2.24) is 5.32 Å². The van der Waals surface area contributed by atoms with Crippen LogP contribution >= 0.6 is 24.2 Å². The molecule has 1 atom stereocenters. The van der Waals surface area contributed by atoms with Gasteiger partial charge in [-0.15, -0.1) is 24.2 Å². The average molecular weight is 331 g/mol. The number of halogens is 1. The molecule has 3 N–H and O–H groups in total. The molecule has 1 amide bonds. The smallest absolute Gasteiger partial charge is 0.220 e. The second kappa shape index (κ2) is 13.0. The maximum absolute atomic E-state index is 11.7. The average Bonchev–Trinajstić information content (AvgIpc) is 2.46. The highest BCUT2D eigenvalue weighted by atomic mass is 35.5. The molecule has 0 aliphatic rings. The van der Waals surface area contributed by atoms with Crippen molar-refractivity contribution in [2.75, 3.05) is 13.1 Å². The number of rotatable bonds is 10. The minimum absolute atomic E-state index is 0. The Kier molecular flexibility index (Phi) is 12.5. The number of unbranched alkanes of at least 4 members (excludes halogenated alkanes) is 3. The number of carbonyl (C=O) groups is 1. The molecule has 1 aromatic carbocycles. The van der Waals surface area contributed by atoms with E-state index in [1.165, 1.54) is 4.90 Å². The van der Waals surface area contributed by atoms with E-state index >= 15 is 0 Å². The van der Waals surface area contributed by atoms with E-state index in [2.05, 4.69) is 24.4 Å². The first-order valence-corrected chi connectivity index (χ1v) is 8.29. The number of hydrogen-bond acceptors (Lipinski definition) is 3. The first-order chi connectivity index (χ1) is 9.72. The van der Waals surface area contributed by atoms with Gasteiger partial charge in [0.2, 0.25) is 5.91 Å². The van der Waals surface area contributed by atoms with Gasteiger partial charge in [0.05, 0.1) is 0 Å². The lowest BCUT2D eigenvalue weighted by Crippen LogP contribution is -2.29. The molecule has 0 radical (unpaired) electrons. The molecule has 0 saturated carbocycles. The molecule has 1 rings (SSSR count). The lowest BCUT2D eigenvalue weighted by Gasteiger charge is -2.12. The van der Waals surface area contributed by atoms with E-state index in [9.17, 15) is 4.79 Å². The molecule has 0 saturated heterocycles. The van der Waals surface area contributed by atoms with Crippen LogP contribution in [0.25, 0.3) is 0 Å². The molecule has 0 fully saturated rings. The molecule has 3 nitrogen and oxygen atoms in total. The Morgan fingerprint density at radius 2 is 1.86 bits per heavy atom. The lowest BCUT2D eigenvalue weighted by molar-refractivity contribution is -0.121. The van der Waals surface area contributed by atoms with Gasteiger partial charge < -0.3 is 11.1 Å². The first-order valence-electron chi connectivity index (χ1n) is 7.41. The van der Waals surface area contributed by atoms with Crippen LogP contribution in [0.3, 0.4) is 0 Å². The van der Waals surface area contributed by atoms with Gasteiger partial charge in [0.25, 0.3) is 0 Å². The van der Waals surface area contributed by atoms with E-state index in [1.807, 2.05) is 18.2 Å².